The summed E-state index contributed by atoms with van der Waals surface area (Å²) in [6.07, 6.45) is 5.89. The van der Waals surface area contributed by atoms with Gasteiger partial charge in [0.25, 0.3) is 0 Å². The summed E-state index contributed by atoms with van der Waals surface area (Å²) in [5, 5.41) is 3.38. The van der Waals surface area contributed by atoms with Gasteiger partial charge in [-0.25, -0.2) is 0 Å². The fraction of sp³-hybridized carbons (Fsp3) is 0.636. The van der Waals surface area contributed by atoms with Crippen molar-refractivity contribution in [2.45, 2.75) is 32.1 Å². The molecule has 0 aromatic carbocycles. The molecule has 0 saturated carbocycles. The molecule has 2 rings (SSSR count). The van der Waals surface area contributed by atoms with Gasteiger partial charge in [0, 0.05) is 17.8 Å². The first-order valence-electron chi connectivity index (χ1n) is 5.21. The number of piperidine rings is 1. The number of aryl methyl sites for hydroxylation is 1. The molecule has 1 saturated heterocycles. The Morgan fingerprint density at radius 2 is 1.86 bits per heavy atom. The van der Waals surface area contributed by atoms with E-state index in [9.17, 15) is 0 Å². The number of hydrogen-bond acceptors (Lipinski definition) is 3. The van der Waals surface area contributed by atoms with Gasteiger partial charge in [-0.2, -0.15) is 0 Å². The van der Waals surface area contributed by atoms with Crippen molar-refractivity contribution in [3.05, 3.63) is 23.8 Å². The molecular formula is C11H17N3. The maximum Gasteiger partial charge on any atom is 0.0675 e. The molecule has 1 aromatic heterocycles. The summed E-state index contributed by atoms with van der Waals surface area (Å²) in [7, 11) is 0. The normalized spacial score (nSPS) is 20.7. The molecule has 76 valence electrons. The zero-order valence-corrected chi connectivity index (χ0v) is 8.88. The summed E-state index contributed by atoms with van der Waals surface area (Å²) in [6.45, 7) is 6.53. The molecule has 1 aliphatic heterocycles. The van der Waals surface area contributed by atoms with Crippen LogP contribution in [0.25, 0.3) is 0 Å². The van der Waals surface area contributed by atoms with E-state index < -0.39 is 0 Å². The van der Waals surface area contributed by atoms with Crippen molar-refractivity contribution in [3.8, 4) is 0 Å². The van der Waals surface area contributed by atoms with E-state index >= 15 is 0 Å². The molecule has 2 heterocycles. The summed E-state index contributed by atoms with van der Waals surface area (Å²) in [4.78, 5) is 8.80. The summed E-state index contributed by atoms with van der Waals surface area (Å²) in [6, 6.07) is 0. The van der Waals surface area contributed by atoms with Gasteiger partial charge in [0.15, 0.2) is 0 Å². The molecule has 14 heavy (non-hydrogen) atoms. The SMILES string of the molecule is Cc1nccnc1C1(C)CCNCC1. The van der Waals surface area contributed by atoms with E-state index in [4.69, 9.17) is 0 Å². The number of aromatic nitrogens is 2. The Kier molecular flexibility index (Phi) is 2.50. The van der Waals surface area contributed by atoms with E-state index in [0.29, 0.717) is 0 Å². The van der Waals surface area contributed by atoms with Gasteiger partial charge in [0.2, 0.25) is 0 Å². The predicted octanol–water partition coefficient (Wildman–Crippen LogP) is 1.43. The Morgan fingerprint density at radius 1 is 1.21 bits per heavy atom. The molecule has 0 amide bonds. The third-order valence-electron chi connectivity index (χ3n) is 3.16. The van der Waals surface area contributed by atoms with Crippen LogP contribution in [0.3, 0.4) is 0 Å². The summed E-state index contributed by atoms with van der Waals surface area (Å²) < 4.78 is 0. The molecule has 1 aromatic rings. The summed E-state index contributed by atoms with van der Waals surface area (Å²) in [5.74, 6) is 0. The third kappa shape index (κ3) is 1.64. The maximum atomic E-state index is 4.48. The zero-order chi connectivity index (χ0) is 10.0. The Morgan fingerprint density at radius 3 is 2.50 bits per heavy atom. The molecule has 1 aliphatic rings. The van der Waals surface area contributed by atoms with Crippen LogP contribution in [0.1, 0.15) is 31.2 Å². The third-order valence-corrected chi connectivity index (χ3v) is 3.16. The first-order chi connectivity index (χ1) is 6.72. The second kappa shape index (κ2) is 3.65. The molecule has 0 aliphatic carbocycles. The van der Waals surface area contributed by atoms with E-state index in [1.54, 1.807) is 12.4 Å². The maximum absolute atomic E-state index is 4.48. The molecule has 0 unspecified atom stereocenters. The Labute approximate surface area is 85.0 Å². The molecule has 0 bridgehead atoms. The number of nitrogens with zero attached hydrogens (tertiary/aromatic N) is 2. The molecular weight excluding hydrogens is 174 g/mol. The van der Waals surface area contributed by atoms with Crippen molar-refractivity contribution in [1.82, 2.24) is 15.3 Å². The first-order valence-corrected chi connectivity index (χ1v) is 5.21. The number of nitrogens with one attached hydrogen (secondary N) is 1. The van der Waals surface area contributed by atoms with Gasteiger partial charge < -0.3 is 5.32 Å². The highest BCUT2D eigenvalue weighted by Crippen LogP contribution is 2.32. The lowest BCUT2D eigenvalue weighted by Gasteiger charge is -2.34. The smallest absolute Gasteiger partial charge is 0.0675 e. The average Bonchev–Trinajstić information content (AvgIpc) is 2.19. The fourth-order valence-corrected chi connectivity index (χ4v) is 2.22. The van der Waals surface area contributed by atoms with Crippen molar-refractivity contribution in [2.75, 3.05) is 13.1 Å². The minimum atomic E-state index is 0.226. The Hall–Kier alpha value is -0.960. The highest BCUT2D eigenvalue weighted by molar-refractivity contribution is 5.20. The van der Waals surface area contributed by atoms with Gasteiger partial charge in [-0.15, -0.1) is 0 Å². The molecule has 0 radical (unpaired) electrons. The van der Waals surface area contributed by atoms with Gasteiger partial charge >= 0.3 is 0 Å². The van der Waals surface area contributed by atoms with Crippen molar-refractivity contribution in [1.29, 1.82) is 0 Å². The van der Waals surface area contributed by atoms with Crippen LogP contribution in [0, 0.1) is 6.92 Å². The van der Waals surface area contributed by atoms with Crippen LogP contribution in [0.15, 0.2) is 12.4 Å². The van der Waals surface area contributed by atoms with E-state index in [1.807, 2.05) is 0 Å². The Balaban J connectivity index is 2.32. The van der Waals surface area contributed by atoms with E-state index in [1.165, 1.54) is 5.69 Å². The average molecular weight is 191 g/mol. The zero-order valence-electron chi connectivity index (χ0n) is 8.88. The lowest BCUT2D eigenvalue weighted by atomic mass is 9.77. The van der Waals surface area contributed by atoms with Crippen LogP contribution < -0.4 is 5.32 Å². The highest BCUT2D eigenvalue weighted by atomic mass is 14.9. The van der Waals surface area contributed by atoms with E-state index in [2.05, 4.69) is 29.1 Å². The van der Waals surface area contributed by atoms with E-state index in [0.717, 1.165) is 31.6 Å². The van der Waals surface area contributed by atoms with Crippen LogP contribution in [0.4, 0.5) is 0 Å². The standard InChI is InChI=1S/C11H17N3/c1-9-10(14-8-7-13-9)11(2)3-5-12-6-4-11/h7-8,12H,3-6H2,1-2H3. The van der Waals surface area contributed by atoms with Gasteiger partial charge in [-0.1, -0.05) is 6.92 Å². The van der Waals surface area contributed by atoms with Crippen LogP contribution in [-0.4, -0.2) is 23.1 Å². The number of hydrogen-bond donors (Lipinski definition) is 1. The van der Waals surface area contributed by atoms with Crippen LogP contribution in [-0.2, 0) is 5.41 Å². The second-order valence-electron chi connectivity index (χ2n) is 4.30. The quantitative estimate of drug-likeness (QED) is 0.729. The van der Waals surface area contributed by atoms with Crippen molar-refractivity contribution in [2.24, 2.45) is 0 Å². The van der Waals surface area contributed by atoms with Crippen LogP contribution >= 0.6 is 0 Å². The molecule has 0 spiro atoms. The summed E-state index contributed by atoms with van der Waals surface area (Å²) >= 11 is 0. The summed E-state index contributed by atoms with van der Waals surface area (Å²) in [5.41, 5.74) is 2.49. The van der Waals surface area contributed by atoms with Crippen LogP contribution in [0.2, 0.25) is 0 Å². The Bertz CT molecular complexity index is 316. The first kappa shape index (κ1) is 9.59. The molecule has 3 nitrogen and oxygen atoms in total. The minimum absolute atomic E-state index is 0.226. The van der Waals surface area contributed by atoms with Crippen LogP contribution in [0.5, 0.6) is 0 Å². The van der Waals surface area contributed by atoms with Gasteiger partial charge in [0.05, 0.1) is 11.4 Å². The van der Waals surface area contributed by atoms with E-state index in [-0.39, 0.29) is 5.41 Å². The van der Waals surface area contributed by atoms with Gasteiger partial charge in [0.1, 0.15) is 0 Å². The molecule has 1 N–H and O–H groups in total. The van der Waals surface area contributed by atoms with Crippen molar-refractivity contribution < 1.29 is 0 Å². The molecule has 1 fully saturated rings. The lowest BCUT2D eigenvalue weighted by molar-refractivity contribution is 0.325. The molecule has 0 atom stereocenters. The number of rotatable bonds is 1. The second-order valence-corrected chi connectivity index (χ2v) is 4.30. The monoisotopic (exact) mass is 191 g/mol. The van der Waals surface area contributed by atoms with Gasteiger partial charge in [-0.05, 0) is 32.9 Å². The van der Waals surface area contributed by atoms with Crippen molar-refractivity contribution in [3.63, 3.8) is 0 Å². The minimum Gasteiger partial charge on any atom is -0.317 e. The van der Waals surface area contributed by atoms with Crippen molar-refractivity contribution >= 4 is 0 Å². The topological polar surface area (TPSA) is 37.8 Å². The lowest BCUT2D eigenvalue weighted by Crippen LogP contribution is -2.38. The predicted molar refractivity (Wildman–Crippen MR) is 56.2 cm³/mol. The fourth-order valence-electron chi connectivity index (χ4n) is 2.22. The highest BCUT2D eigenvalue weighted by Gasteiger charge is 2.31. The largest absolute Gasteiger partial charge is 0.317 e. The van der Waals surface area contributed by atoms with Gasteiger partial charge in [-0.3, -0.25) is 9.97 Å². The molecule has 3 heteroatoms.